The predicted octanol–water partition coefficient (Wildman–Crippen LogP) is 0.568. The molecule has 0 spiro atoms. The number of amides is 1. The van der Waals surface area contributed by atoms with Crippen LogP contribution >= 0.6 is 0 Å². The van der Waals surface area contributed by atoms with Gasteiger partial charge in [0.05, 0.1) is 4.92 Å². The Balaban J connectivity index is 2.94. The van der Waals surface area contributed by atoms with Crippen LogP contribution in [0.15, 0.2) is 0 Å². The number of primary amides is 1. The summed E-state index contributed by atoms with van der Waals surface area (Å²) in [5.41, 5.74) is 5.44. The Morgan fingerprint density at radius 2 is 2.28 bits per heavy atom. The maximum atomic E-state index is 11.0. The highest BCUT2D eigenvalue weighted by molar-refractivity contribution is 5.74. The molecule has 1 aromatic rings. The van der Waals surface area contributed by atoms with E-state index in [0.29, 0.717) is 17.9 Å². The Morgan fingerprint density at radius 3 is 2.78 bits per heavy atom. The number of anilines is 1. The number of hydrogen-bond donors (Lipinski definition) is 2. The van der Waals surface area contributed by atoms with Gasteiger partial charge < -0.3 is 11.1 Å². The Hall–Kier alpha value is -2.12. The molecule has 18 heavy (non-hydrogen) atoms. The standard InChI is InChI=1S/C10H17N5O3/c1-3-4-7-9(15(17)18)10(14(2)13-7)12-6-5-8(11)16/h12H,3-6H2,1-2H3,(H2,11,16). The molecule has 0 aromatic carbocycles. The lowest BCUT2D eigenvalue weighted by Gasteiger charge is -2.04. The first-order chi connectivity index (χ1) is 8.47. The number of hydrogen-bond acceptors (Lipinski definition) is 5. The molecule has 0 fully saturated rings. The Labute approximate surface area is 104 Å². The first kappa shape index (κ1) is 13.9. The van der Waals surface area contributed by atoms with E-state index in [4.69, 9.17) is 5.73 Å². The zero-order valence-corrected chi connectivity index (χ0v) is 10.5. The number of carbonyl (C=O) groups excluding carboxylic acids is 1. The fourth-order valence-electron chi connectivity index (χ4n) is 1.67. The van der Waals surface area contributed by atoms with Crippen molar-refractivity contribution in [1.29, 1.82) is 0 Å². The second-order valence-corrected chi connectivity index (χ2v) is 3.92. The molecule has 0 aliphatic rings. The molecule has 0 aliphatic heterocycles. The average Bonchev–Trinajstić information content (AvgIpc) is 2.55. The highest BCUT2D eigenvalue weighted by Gasteiger charge is 2.25. The molecule has 8 heteroatoms. The summed E-state index contributed by atoms with van der Waals surface area (Å²) in [5, 5.41) is 18.0. The van der Waals surface area contributed by atoms with Gasteiger partial charge in [0.1, 0.15) is 5.69 Å². The van der Waals surface area contributed by atoms with Crippen LogP contribution in [0.3, 0.4) is 0 Å². The minimum Gasteiger partial charge on any atom is -0.370 e. The molecule has 0 saturated heterocycles. The van der Waals surface area contributed by atoms with Crippen LogP contribution in [0.25, 0.3) is 0 Å². The van der Waals surface area contributed by atoms with Gasteiger partial charge in [0.15, 0.2) is 0 Å². The molecule has 0 unspecified atom stereocenters. The van der Waals surface area contributed by atoms with E-state index in [0.717, 1.165) is 6.42 Å². The van der Waals surface area contributed by atoms with Crippen molar-refractivity contribution in [2.24, 2.45) is 12.8 Å². The maximum Gasteiger partial charge on any atom is 0.333 e. The number of aryl methyl sites for hydroxylation is 2. The Kier molecular flexibility index (Phi) is 4.64. The monoisotopic (exact) mass is 255 g/mol. The van der Waals surface area contributed by atoms with Crippen molar-refractivity contribution in [1.82, 2.24) is 9.78 Å². The lowest BCUT2D eigenvalue weighted by Crippen LogP contribution is -2.17. The van der Waals surface area contributed by atoms with E-state index in [2.05, 4.69) is 10.4 Å². The van der Waals surface area contributed by atoms with Crippen molar-refractivity contribution >= 4 is 17.4 Å². The van der Waals surface area contributed by atoms with E-state index >= 15 is 0 Å². The molecule has 8 nitrogen and oxygen atoms in total. The minimum atomic E-state index is -0.457. The molecule has 3 N–H and O–H groups in total. The summed E-state index contributed by atoms with van der Waals surface area (Å²) in [6.07, 6.45) is 1.44. The lowest BCUT2D eigenvalue weighted by molar-refractivity contribution is -0.384. The second kappa shape index (κ2) is 5.99. The molecule has 1 aromatic heterocycles. The number of rotatable bonds is 7. The summed E-state index contributed by atoms with van der Waals surface area (Å²) in [5.74, 6) is -0.147. The van der Waals surface area contributed by atoms with E-state index in [9.17, 15) is 14.9 Å². The molecular weight excluding hydrogens is 238 g/mol. The largest absolute Gasteiger partial charge is 0.370 e. The van der Waals surface area contributed by atoms with E-state index in [1.54, 1.807) is 7.05 Å². The van der Waals surface area contributed by atoms with Crippen molar-refractivity contribution in [3.8, 4) is 0 Å². The number of nitrogens with zero attached hydrogens (tertiary/aromatic N) is 3. The van der Waals surface area contributed by atoms with Gasteiger partial charge in [0.25, 0.3) is 0 Å². The van der Waals surface area contributed by atoms with Crippen molar-refractivity contribution in [2.45, 2.75) is 26.2 Å². The molecule has 0 atom stereocenters. The third-order valence-electron chi connectivity index (χ3n) is 2.43. The Bertz CT molecular complexity index is 455. The smallest absolute Gasteiger partial charge is 0.333 e. The Morgan fingerprint density at radius 1 is 1.61 bits per heavy atom. The number of aromatic nitrogens is 2. The summed E-state index contributed by atoms with van der Waals surface area (Å²) in [6, 6.07) is 0. The first-order valence-corrected chi connectivity index (χ1v) is 5.69. The fraction of sp³-hybridized carbons (Fsp3) is 0.600. The zero-order valence-electron chi connectivity index (χ0n) is 10.5. The second-order valence-electron chi connectivity index (χ2n) is 3.92. The maximum absolute atomic E-state index is 11.0. The molecule has 1 amide bonds. The van der Waals surface area contributed by atoms with Gasteiger partial charge in [-0.3, -0.25) is 14.9 Å². The molecule has 1 heterocycles. The molecule has 0 saturated carbocycles. The van der Waals surface area contributed by atoms with E-state index < -0.39 is 10.8 Å². The quantitative estimate of drug-likeness (QED) is 0.545. The molecule has 0 bridgehead atoms. The third kappa shape index (κ3) is 3.19. The van der Waals surface area contributed by atoms with E-state index in [-0.39, 0.29) is 18.7 Å². The van der Waals surface area contributed by atoms with Crippen molar-refractivity contribution in [3.63, 3.8) is 0 Å². The van der Waals surface area contributed by atoms with Crippen LogP contribution in [0, 0.1) is 10.1 Å². The summed E-state index contributed by atoms with van der Waals surface area (Å²) >= 11 is 0. The van der Waals surface area contributed by atoms with Gasteiger partial charge in [-0.2, -0.15) is 5.10 Å². The fourth-order valence-corrected chi connectivity index (χ4v) is 1.67. The van der Waals surface area contributed by atoms with Gasteiger partial charge in [0.2, 0.25) is 11.7 Å². The van der Waals surface area contributed by atoms with Crippen molar-refractivity contribution < 1.29 is 9.72 Å². The topological polar surface area (TPSA) is 116 Å². The van der Waals surface area contributed by atoms with Gasteiger partial charge in [-0.25, -0.2) is 4.68 Å². The van der Waals surface area contributed by atoms with E-state index in [1.807, 2.05) is 6.92 Å². The highest BCUT2D eigenvalue weighted by Crippen LogP contribution is 2.28. The highest BCUT2D eigenvalue weighted by atomic mass is 16.6. The van der Waals surface area contributed by atoms with Crippen molar-refractivity contribution in [3.05, 3.63) is 15.8 Å². The predicted molar refractivity (Wildman–Crippen MR) is 66.2 cm³/mol. The van der Waals surface area contributed by atoms with Crippen LogP contribution in [-0.2, 0) is 18.3 Å². The molecular formula is C10H17N5O3. The normalized spacial score (nSPS) is 10.3. The van der Waals surface area contributed by atoms with Gasteiger partial charge in [-0.05, 0) is 6.42 Å². The summed E-state index contributed by atoms with van der Waals surface area (Å²) in [4.78, 5) is 21.2. The van der Waals surface area contributed by atoms with Gasteiger partial charge in [-0.1, -0.05) is 13.3 Å². The first-order valence-electron chi connectivity index (χ1n) is 5.69. The molecule has 0 aliphatic carbocycles. The summed E-state index contributed by atoms with van der Waals surface area (Å²) < 4.78 is 1.42. The van der Waals surface area contributed by atoms with Crippen LogP contribution in [0.1, 0.15) is 25.5 Å². The van der Waals surface area contributed by atoms with Crippen LogP contribution in [0.2, 0.25) is 0 Å². The van der Waals surface area contributed by atoms with Gasteiger partial charge >= 0.3 is 5.69 Å². The summed E-state index contributed by atoms with van der Waals surface area (Å²) in [6.45, 7) is 2.18. The van der Waals surface area contributed by atoms with Crippen molar-refractivity contribution in [2.75, 3.05) is 11.9 Å². The molecule has 100 valence electrons. The third-order valence-corrected chi connectivity index (χ3v) is 2.43. The number of nitrogens with one attached hydrogen (secondary N) is 1. The van der Waals surface area contributed by atoms with Crippen LogP contribution in [0.4, 0.5) is 11.5 Å². The number of carbonyl (C=O) groups is 1. The minimum absolute atomic E-state index is 0.0242. The summed E-state index contributed by atoms with van der Waals surface area (Å²) in [7, 11) is 1.62. The number of nitro groups is 1. The lowest BCUT2D eigenvalue weighted by atomic mass is 10.2. The van der Waals surface area contributed by atoms with Crippen LogP contribution < -0.4 is 11.1 Å². The number of nitrogens with two attached hydrogens (primary N) is 1. The van der Waals surface area contributed by atoms with Gasteiger partial charge in [-0.15, -0.1) is 0 Å². The zero-order chi connectivity index (χ0) is 13.7. The molecule has 1 rings (SSSR count). The molecule has 0 radical (unpaired) electrons. The average molecular weight is 255 g/mol. The van der Waals surface area contributed by atoms with Crippen LogP contribution in [-0.4, -0.2) is 27.2 Å². The van der Waals surface area contributed by atoms with Crippen LogP contribution in [0.5, 0.6) is 0 Å². The van der Waals surface area contributed by atoms with Gasteiger partial charge in [0, 0.05) is 20.0 Å². The SMILES string of the molecule is CCCc1nn(C)c(NCCC(N)=O)c1[N+](=O)[O-]. The van der Waals surface area contributed by atoms with E-state index in [1.165, 1.54) is 4.68 Å².